The molecule has 0 saturated heterocycles. The Morgan fingerprint density at radius 1 is 1.44 bits per heavy atom. The standard InChI is InChI=1S/C6H12O2.K.H/c1-4-5-6(7-2)8-3;;/h4,6H,1,5H2,2-3H3;;. The van der Waals surface area contributed by atoms with Crippen LogP contribution in [0.3, 0.4) is 0 Å². The molecular formula is C6H13KO2. The molecule has 0 aromatic heterocycles. The van der Waals surface area contributed by atoms with Gasteiger partial charge < -0.3 is 9.47 Å². The van der Waals surface area contributed by atoms with Crippen LogP contribution < -0.4 is 0 Å². The van der Waals surface area contributed by atoms with Crippen molar-refractivity contribution in [1.82, 2.24) is 0 Å². The molecular weight excluding hydrogens is 143 g/mol. The van der Waals surface area contributed by atoms with Crippen molar-refractivity contribution in [1.29, 1.82) is 0 Å². The molecule has 0 radical (unpaired) electrons. The first-order valence-electron chi connectivity index (χ1n) is 2.51. The molecule has 0 fully saturated rings. The summed E-state index contributed by atoms with van der Waals surface area (Å²) in [6.45, 7) is 3.54. The third-order valence-corrected chi connectivity index (χ3v) is 0.885. The maximum absolute atomic E-state index is 4.85. The quantitative estimate of drug-likeness (QED) is 0.336. The maximum atomic E-state index is 4.85. The first kappa shape index (κ1) is 12.9. The summed E-state index contributed by atoms with van der Waals surface area (Å²) in [7, 11) is 3.22. The molecule has 0 saturated carbocycles. The summed E-state index contributed by atoms with van der Waals surface area (Å²) in [6, 6.07) is 0. The monoisotopic (exact) mass is 156 g/mol. The number of ether oxygens (including phenoxy) is 2. The molecule has 0 aliphatic heterocycles. The van der Waals surface area contributed by atoms with E-state index in [1.54, 1.807) is 20.3 Å². The van der Waals surface area contributed by atoms with Gasteiger partial charge in [0.15, 0.2) is 6.29 Å². The van der Waals surface area contributed by atoms with Gasteiger partial charge in [0.05, 0.1) is 0 Å². The fourth-order valence-electron chi connectivity index (χ4n) is 0.425. The molecule has 0 aliphatic carbocycles. The Hall–Kier alpha value is 1.30. The second kappa shape index (κ2) is 9.30. The van der Waals surface area contributed by atoms with E-state index in [9.17, 15) is 0 Å². The van der Waals surface area contributed by atoms with Gasteiger partial charge in [0.1, 0.15) is 0 Å². The predicted molar refractivity (Wildman–Crippen MR) is 39.8 cm³/mol. The van der Waals surface area contributed by atoms with Gasteiger partial charge in [0, 0.05) is 20.6 Å². The van der Waals surface area contributed by atoms with E-state index < -0.39 is 0 Å². The van der Waals surface area contributed by atoms with Crippen LogP contribution in [0.25, 0.3) is 0 Å². The van der Waals surface area contributed by atoms with E-state index in [-0.39, 0.29) is 57.7 Å². The normalized spacial score (nSPS) is 8.78. The van der Waals surface area contributed by atoms with Gasteiger partial charge in [-0.2, -0.15) is 0 Å². The molecule has 3 heteroatoms. The van der Waals surface area contributed by atoms with E-state index in [0.717, 1.165) is 6.42 Å². The van der Waals surface area contributed by atoms with Gasteiger partial charge >= 0.3 is 51.4 Å². The van der Waals surface area contributed by atoms with Crippen LogP contribution in [0.4, 0.5) is 0 Å². The van der Waals surface area contributed by atoms with Crippen LogP contribution in [0.15, 0.2) is 12.7 Å². The van der Waals surface area contributed by atoms with E-state index in [1.807, 2.05) is 0 Å². The Morgan fingerprint density at radius 2 is 1.89 bits per heavy atom. The van der Waals surface area contributed by atoms with E-state index in [2.05, 4.69) is 6.58 Å². The number of hydrogen-bond donors (Lipinski definition) is 0. The van der Waals surface area contributed by atoms with E-state index >= 15 is 0 Å². The summed E-state index contributed by atoms with van der Waals surface area (Å²) in [4.78, 5) is 0. The summed E-state index contributed by atoms with van der Waals surface area (Å²) >= 11 is 0. The molecule has 0 aliphatic rings. The fraction of sp³-hybridized carbons (Fsp3) is 0.667. The van der Waals surface area contributed by atoms with Crippen LogP contribution in [0, 0.1) is 0 Å². The first-order valence-corrected chi connectivity index (χ1v) is 2.51. The van der Waals surface area contributed by atoms with Crippen molar-refractivity contribution in [2.45, 2.75) is 12.7 Å². The zero-order chi connectivity index (χ0) is 6.41. The Labute approximate surface area is 99.0 Å². The summed E-state index contributed by atoms with van der Waals surface area (Å²) in [5, 5.41) is 0. The Bertz CT molecular complexity index is 62.1. The van der Waals surface area contributed by atoms with E-state index in [4.69, 9.17) is 9.47 Å². The van der Waals surface area contributed by atoms with Crippen molar-refractivity contribution < 1.29 is 9.47 Å². The third-order valence-electron chi connectivity index (χ3n) is 0.885. The van der Waals surface area contributed by atoms with Crippen molar-refractivity contribution in [2.75, 3.05) is 14.2 Å². The first-order chi connectivity index (χ1) is 3.85. The predicted octanol–water partition coefficient (Wildman–Crippen LogP) is 0.533. The second-order valence-corrected chi connectivity index (χ2v) is 1.43. The molecule has 0 aromatic carbocycles. The third kappa shape index (κ3) is 7.19. The summed E-state index contributed by atoms with van der Waals surface area (Å²) in [6.07, 6.45) is 2.39. The topological polar surface area (TPSA) is 18.5 Å². The minimum atomic E-state index is -0.118. The molecule has 50 valence electrons. The molecule has 0 aromatic rings. The van der Waals surface area contributed by atoms with Crippen LogP contribution in [-0.2, 0) is 9.47 Å². The van der Waals surface area contributed by atoms with Crippen molar-refractivity contribution in [3.8, 4) is 0 Å². The molecule has 0 heterocycles. The van der Waals surface area contributed by atoms with Gasteiger partial charge in [-0.15, -0.1) is 6.58 Å². The Balaban J connectivity index is 0. The van der Waals surface area contributed by atoms with Gasteiger partial charge in [-0.05, 0) is 0 Å². The zero-order valence-corrected chi connectivity index (χ0v) is 5.39. The van der Waals surface area contributed by atoms with Crippen LogP contribution >= 0.6 is 0 Å². The van der Waals surface area contributed by atoms with E-state index in [0.29, 0.717) is 0 Å². The van der Waals surface area contributed by atoms with Crippen molar-refractivity contribution in [3.63, 3.8) is 0 Å². The summed E-state index contributed by atoms with van der Waals surface area (Å²) in [5.74, 6) is 0. The van der Waals surface area contributed by atoms with Crippen molar-refractivity contribution in [3.05, 3.63) is 12.7 Å². The van der Waals surface area contributed by atoms with Crippen LogP contribution in [0.5, 0.6) is 0 Å². The average Bonchev–Trinajstić information content (AvgIpc) is 1.83. The molecule has 0 bridgehead atoms. The Kier molecular flexibility index (Phi) is 13.4. The van der Waals surface area contributed by atoms with Crippen molar-refractivity contribution >= 4 is 51.4 Å². The SMILES string of the molecule is C=CCC(OC)OC.[KH]. The molecule has 0 amide bonds. The Morgan fingerprint density at radius 3 is 2.00 bits per heavy atom. The molecule has 0 atom stereocenters. The molecule has 0 rings (SSSR count). The van der Waals surface area contributed by atoms with Gasteiger partial charge in [-0.3, -0.25) is 0 Å². The zero-order valence-electron chi connectivity index (χ0n) is 5.39. The number of rotatable bonds is 4. The molecule has 0 unspecified atom stereocenters. The molecule has 0 spiro atoms. The summed E-state index contributed by atoms with van der Waals surface area (Å²) < 4.78 is 9.69. The second-order valence-electron chi connectivity index (χ2n) is 1.43. The van der Waals surface area contributed by atoms with Gasteiger partial charge in [-0.25, -0.2) is 0 Å². The molecule has 2 nitrogen and oxygen atoms in total. The van der Waals surface area contributed by atoms with Crippen LogP contribution in [0.1, 0.15) is 6.42 Å². The summed E-state index contributed by atoms with van der Waals surface area (Å²) in [5.41, 5.74) is 0. The fourth-order valence-corrected chi connectivity index (χ4v) is 0.425. The number of methoxy groups -OCH3 is 2. The average molecular weight is 156 g/mol. The van der Waals surface area contributed by atoms with Gasteiger partial charge in [0.25, 0.3) is 0 Å². The minimum absolute atomic E-state index is 0. The molecule has 9 heavy (non-hydrogen) atoms. The van der Waals surface area contributed by atoms with Crippen molar-refractivity contribution in [2.24, 2.45) is 0 Å². The molecule has 0 N–H and O–H groups in total. The number of hydrogen-bond acceptors (Lipinski definition) is 2. The van der Waals surface area contributed by atoms with Crippen LogP contribution in [0.2, 0.25) is 0 Å². The van der Waals surface area contributed by atoms with Gasteiger partial charge in [-0.1, -0.05) is 6.08 Å². The van der Waals surface area contributed by atoms with Gasteiger partial charge in [0.2, 0.25) is 0 Å². The van der Waals surface area contributed by atoms with Crippen LogP contribution in [-0.4, -0.2) is 71.9 Å². The van der Waals surface area contributed by atoms with E-state index in [1.165, 1.54) is 0 Å².